The second-order valence-corrected chi connectivity index (χ2v) is 5.38. The minimum atomic E-state index is -0.953. The predicted octanol–water partition coefficient (Wildman–Crippen LogP) is 2.39. The first-order valence-corrected chi connectivity index (χ1v) is 7.57. The van der Waals surface area contributed by atoms with Gasteiger partial charge in [0.25, 0.3) is 11.9 Å². The summed E-state index contributed by atoms with van der Waals surface area (Å²) >= 11 is 0. The van der Waals surface area contributed by atoms with E-state index in [0.717, 1.165) is 0 Å². The van der Waals surface area contributed by atoms with Crippen LogP contribution in [-0.4, -0.2) is 47.7 Å². The van der Waals surface area contributed by atoms with E-state index in [1.165, 1.54) is 4.90 Å². The molecule has 1 aliphatic rings. The molecule has 0 saturated carbocycles. The van der Waals surface area contributed by atoms with Gasteiger partial charge in [-0.3, -0.25) is 9.59 Å². The molecule has 0 radical (unpaired) electrons. The molecule has 0 bridgehead atoms. The molecule has 7 nitrogen and oxygen atoms in total. The fraction of sp³-hybridized carbons (Fsp3) is 0.294. The van der Waals surface area contributed by atoms with E-state index in [4.69, 9.17) is 19.0 Å². The van der Waals surface area contributed by atoms with Gasteiger partial charge >= 0.3 is 5.97 Å². The summed E-state index contributed by atoms with van der Waals surface area (Å²) in [5.41, 5.74) is 0. The fourth-order valence-electron chi connectivity index (χ4n) is 2.47. The molecule has 126 valence electrons. The molecule has 0 spiro atoms. The maximum absolute atomic E-state index is 12.5. The molecule has 1 aromatic heterocycles. The zero-order chi connectivity index (χ0) is 16.9. The lowest BCUT2D eigenvalue weighted by atomic mass is 10.2. The SMILES string of the molecule is O=C(O)C[C@H]1CN(C(=O)c2ccc(Oc3ccccc3)o2)CCO1. The van der Waals surface area contributed by atoms with Crippen LogP contribution in [0.15, 0.2) is 46.9 Å². The average Bonchev–Trinajstić information content (AvgIpc) is 3.03. The number of hydrogen-bond donors (Lipinski definition) is 1. The van der Waals surface area contributed by atoms with Gasteiger partial charge in [0.15, 0.2) is 5.76 Å². The number of carboxylic acid groups (broad SMARTS) is 1. The number of hydrogen-bond acceptors (Lipinski definition) is 5. The molecule has 1 aromatic carbocycles. The number of ether oxygens (including phenoxy) is 2. The number of furan rings is 1. The van der Waals surface area contributed by atoms with Crippen molar-refractivity contribution in [3.05, 3.63) is 48.2 Å². The van der Waals surface area contributed by atoms with E-state index < -0.39 is 12.1 Å². The average molecular weight is 331 g/mol. The number of carbonyl (C=O) groups excluding carboxylic acids is 1. The minimum Gasteiger partial charge on any atom is -0.481 e. The van der Waals surface area contributed by atoms with Crippen LogP contribution in [0.3, 0.4) is 0 Å². The van der Waals surface area contributed by atoms with Crippen molar-refractivity contribution in [3.63, 3.8) is 0 Å². The van der Waals surface area contributed by atoms with Crippen LogP contribution in [0.4, 0.5) is 0 Å². The van der Waals surface area contributed by atoms with Crippen molar-refractivity contribution in [2.24, 2.45) is 0 Å². The number of nitrogens with zero attached hydrogens (tertiary/aromatic N) is 1. The van der Waals surface area contributed by atoms with Gasteiger partial charge < -0.3 is 23.9 Å². The molecule has 1 saturated heterocycles. The minimum absolute atomic E-state index is 0.135. The van der Waals surface area contributed by atoms with Gasteiger partial charge in [-0.25, -0.2) is 0 Å². The van der Waals surface area contributed by atoms with Gasteiger partial charge in [-0.05, 0) is 18.2 Å². The maximum Gasteiger partial charge on any atom is 0.306 e. The Bertz CT molecular complexity index is 711. The molecule has 7 heteroatoms. The van der Waals surface area contributed by atoms with Crippen molar-refractivity contribution in [2.45, 2.75) is 12.5 Å². The predicted molar refractivity (Wildman–Crippen MR) is 83.1 cm³/mol. The van der Waals surface area contributed by atoms with E-state index in [1.54, 1.807) is 24.3 Å². The highest BCUT2D eigenvalue weighted by atomic mass is 16.6. The summed E-state index contributed by atoms with van der Waals surface area (Å²) in [6.45, 7) is 0.920. The number of carboxylic acids is 1. The Morgan fingerprint density at radius 2 is 2.00 bits per heavy atom. The van der Waals surface area contributed by atoms with Crippen LogP contribution >= 0.6 is 0 Å². The molecule has 1 fully saturated rings. The highest BCUT2D eigenvalue weighted by molar-refractivity contribution is 5.91. The first-order valence-electron chi connectivity index (χ1n) is 7.57. The molecule has 1 amide bonds. The van der Waals surface area contributed by atoms with Gasteiger partial charge in [0, 0.05) is 19.2 Å². The topological polar surface area (TPSA) is 89.2 Å². The summed E-state index contributed by atoms with van der Waals surface area (Å²) in [5.74, 6) is -0.280. The van der Waals surface area contributed by atoms with Crippen LogP contribution in [0.5, 0.6) is 11.7 Å². The van der Waals surface area contributed by atoms with Crippen molar-refractivity contribution < 1.29 is 28.6 Å². The smallest absolute Gasteiger partial charge is 0.306 e. The molecule has 1 N–H and O–H groups in total. The number of rotatable bonds is 5. The zero-order valence-corrected chi connectivity index (χ0v) is 12.9. The van der Waals surface area contributed by atoms with Crippen molar-refractivity contribution in [1.82, 2.24) is 4.90 Å². The standard InChI is InChI=1S/C17H17NO6/c19-15(20)10-13-11-18(8-9-22-13)17(21)14-6-7-16(24-14)23-12-4-2-1-3-5-12/h1-7,13H,8-11H2,(H,19,20)/t13-/m0/s1. The molecule has 1 aliphatic heterocycles. The van der Waals surface area contributed by atoms with Crippen LogP contribution in [0.25, 0.3) is 0 Å². The van der Waals surface area contributed by atoms with Gasteiger partial charge in [-0.2, -0.15) is 0 Å². The second kappa shape index (κ2) is 7.18. The molecule has 2 heterocycles. The Kier molecular flexibility index (Phi) is 4.81. The highest BCUT2D eigenvalue weighted by Crippen LogP contribution is 2.24. The van der Waals surface area contributed by atoms with Crippen molar-refractivity contribution in [1.29, 1.82) is 0 Å². The van der Waals surface area contributed by atoms with Gasteiger partial charge in [-0.1, -0.05) is 18.2 Å². The quantitative estimate of drug-likeness (QED) is 0.905. The fourth-order valence-corrected chi connectivity index (χ4v) is 2.47. The monoisotopic (exact) mass is 331 g/mol. The summed E-state index contributed by atoms with van der Waals surface area (Å²) in [6.07, 6.45) is -0.639. The lowest BCUT2D eigenvalue weighted by molar-refractivity contribution is -0.141. The molecule has 2 aromatic rings. The number of morpholine rings is 1. The van der Waals surface area contributed by atoms with E-state index in [9.17, 15) is 9.59 Å². The molecular weight excluding hydrogens is 314 g/mol. The molecular formula is C17H17NO6. The third kappa shape index (κ3) is 3.94. The van der Waals surface area contributed by atoms with Crippen molar-refractivity contribution >= 4 is 11.9 Å². The molecule has 0 unspecified atom stereocenters. The molecule has 3 rings (SSSR count). The van der Waals surface area contributed by atoms with Crippen molar-refractivity contribution in [3.8, 4) is 11.7 Å². The first-order chi connectivity index (χ1) is 11.6. The number of carbonyl (C=O) groups is 2. The lowest BCUT2D eigenvalue weighted by Gasteiger charge is -2.31. The lowest BCUT2D eigenvalue weighted by Crippen LogP contribution is -2.46. The zero-order valence-electron chi connectivity index (χ0n) is 12.9. The summed E-state index contributed by atoms with van der Waals surface area (Å²) in [4.78, 5) is 24.8. The van der Waals surface area contributed by atoms with Crippen LogP contribution in [-0.2, 0) is 9.53 Å². The van der Waals surface area contributed by atoms with Gasteiger partial charge in [-0.15, -0.1) is 0 Å². The van der Waals surface area contributed by atoms with Crippen LogP contribution in [0.2, 0.25) is 0 Å². The van der Waals surface area contributed by atoms with Gasteiger partial charge in [0.1, 0.15) is 5.75 Å². The third-order valence-electron chi connectivity index (χ3n) is 3.58. The van der Waals surface area contributed by atoms with E-state index in [0.29, 0.717) is 18.9 Å². The van der Waals surface area contributed by atoms with Crippen LogP contribution < -0.4 is 4.74 Å². The number of amides is 1. The van der Waals surface area contributed by atoms with Gasteiger partial charge in [0.2, 0.25) is 0 Å². The summed E-state index contributed by atoms with van der Waals surface area (Å²) < 4.78 is 16.3. The Labute approximate surface area is 138 Å². The van der Waals surface area contributed by atoms with Crippen molar-refractivity contribution in [2.75, 3.05) is 19.7 Å². The highest BCUT2D eigenvalue weighted by Gasteiger charge is 2.28. The summed E-state index contributed by atoms with van der Waals surface area (Å²) in [7, 11) is 0. The Morgan fingerprint density at radius 3 is 2.75 bits per heavy atom. The van der Waals surface area contributed by atoms with E-state index in [1.807, 2.05) is 18.2 Å². The molecule has 24 heavy (non-hydrogen) atoms. The Hall–Kier alpha value is -2.80. The van der Waals surface area contributed by atoms with E-state index in [-0.39, 0.29) is 30.6 Å². The Balaban J connectivity index is 1.64. The maximum atomic E-state index is 12.5. The largest absolute Gasteiger partial charge is 0.481 e. The van der Waals surface area contributed by atoms with Gasteiger partial charge in [0.05, 0.1) is 19.1 Å². The number of para-hydroxylation sites is 1. The van der Waals surface area contributed by atoms with Crippen LogP contribution in [0, 0.1) is 0 Å². The second-order valence-electron chi connectivity index (χ2n) is 5.38. The third-order valence-corrected chi connectivity index (χ3v) is 3.58. The number of aliphatic carboxylic acids is 1. The van der Waals surface area contributed by atoms with E-state index in [2.05, 4.69) is 0 Å². The normalized spacial score (nSPS) is 17.5. The Morgan fingerprint density at radius 1 is 1.21 bits per heavy atom. The summed E-state index contributed by atoms with van der Waals surface area (Å²) in [5, 5.41) is 8.83. The number of benzene rings is 1. The van der Waals surface area contributed by atoms with E-state index >= 15 is 0 Å². The molecule has 1 atom stereocenters. The summed E-state index contributed by atoms with van der Waals surface area (Å²) in [6, 6.07) is 12.2. The van der Waals surface area contributed by atoms with Crippen LogP contribution in [0.1, 0.15) is 17.0 Å². The first kappa shape index (κ1) is 16.1. The molecule has 0 aliphatic carbocycles.